The second kappa shape index (κ2) is 5.66. The molecule has 1 aromatic carbocycles. The summed E-state index contributed by atoms with van der Waals surface area (Å²) < 4.78 is 5.52. The van der Waals surface area contributed by atoms with Crippen molar-refractivity contribution in [3.8, 4) is 5.75 Å². The Bertz CT molecular complexity index is 282. The molecule has 0 aliphatic heterocycles. The van der Waals surface area contributed by atoms with Crippen molar-refractivity contribution in [2.45, 2.75) is 26.7 Å². The number of aliphatic hydroxyl groups is 1. The van der Waals surface area contributed by atoms with Crippen molar-refractivity contribution in [3.63, 3.8) is 0 Å². The van der Waals surface area contributed by atoms with Crippen LogP contribution < -0.4 is 4.74 Å². The molecule has 0 aromatic heterocycles. The molecule has 2 heteroatoms. The van der Waals surface area contributed by atoms with Crippen molar-refractivity contribution in [3.05, 3.63) is 35.9 Å². The molecule has 0 unspecified atom stereocenters. The number of para-hydroxylation sites is 1. The molecule has 0 saturated heterocycles. The highest BCUT2D eigenvalue weighted by Gasteiger charge is 2.07. The molecule has 2 nitrogen and oxygen atoms in total. The Balaban J connectivity index is 3.00. The van der Waals surface area contributed by atoms with E-state index in [0.29, 0.717) is 6.61 Å². The van der Waals surface area contributed by atoms with E-state index in [2.05, 4.69) is 6.92 Å². The monoisotopic (exact) mass is 193 g/mol. The lowest BCUT2D eigenvalue weighted by Gasteiger charge is -2.12. The lowest BCUT2D eigenvalue weighted by atomic mass is 10.1. The number of aryl methyl sites for hydroxylation is 1. The average molecular weight is 193 g/mol. The predicted molar refractivity (Wildman–Crippen MR) is 56.9 cm³/mol. The van der Waals surface area contributed by atoms with Gasteiger partial charge >= 0.3 is 0 Å². The molecule has 0 saturated carbocycles. The fraction of sp³-hybridized carbons (Fsp3) is 0.417. The van der Waals surface area contributed by atoms with E-state index >= 15 is 0 Å². The molecule has 0 atom stereocenters. The first kappa shape index (κ1) is 11.1. The Hall–Kier alpha value is -1.02. The van der Waals surface area contributed by atoms with Crippen LogP contribution in [-0.4, -0.2) is 11.7 Å². The first-order valence-electron chi connectivity index (χ1n) is 5.05. The normalized spacial score (nSPS) is 10.2. The van der Waals surface area contributed by atoms with E-state index in [0.717, 1.165) is 36.3 Å². The molecule has 77 valence electrons. The second-order valence-corrected chi connectivity index (χ2v) is 3.15. The van der Waals surface area contributed by atoms with Gasteiger partial charge in [0.25, 0.3) is 0 Å². The summed E-state index contributed by atoms with van der Waals surface area (Å²) in [5.41, 5.74) is 1.93. The van der Waals surface area contributed by atoms with Crippen molar-refractivity contribution in [1.82, 2.24) is 0 Å². The van der Waals surface area contributed by atoms with E-state index in [1.54, 1.807) is 0 Å². The molecule has 1 aromatic rings. The number of ether oxygens (including phenoxy) is 1. The maximum atomic E-state index is 9.03. The lowest BCUT2D eigenvalue weighted by molar-refractivity contribution is 0.326. The van der Waals surface area contributed by atoms with Crippen LogP contribution >= 0.6 is 0 Å². The average Bonchev–Trinajstić information content (AvgIpc) is 2.21. The van der Waals surface area contributed by atoms with Gasteiger partial charge < -0.3 is 9.84 Å². The molecule has 0 amide bonds. The van der Waals surface area contributed by atoms with E-state index in [4.69, 9.17) is 9.84 Å². The number of rotatable bonds is 5. The minimum atomic E-state index is 0.627. The highest BCUT2D eigenvalue weighted by molar-refractivity contribution is 5.44. The molecule has 1 N–H and O–H groups in total. The lowest BCUT2D eigenvalue weighted by Crippen LogP contribution is -2.00. The van der Waals surface area contributed by atoms with Gasteiger partial charge in [0.2, 0.25) is 0 Å². The maximum absolute atomic E-state index is 9.03. The van der Waals surface area contributed by atoms with Crippen LogP contribution in [0.1, 0.15) is 31.4 Å². The first-order chi connectivity index (χ1) is 6.83. The minimum absolute atomic E-state index is 0.627. The Labute approximate surface area is 85.5 Å². The Morgan fingerprint density at radius 3 is 2.71 bits per heavy atom. The van der Waals surface area contributed by atoms with Crippen LogP contribution in [0, 0.1) is 6.61 Å². The second-order valence-electron chi connectivity index (χ2n) is 3.15. The predicted octanol–water partition coefficient (Wildman–Crippen LogP) is 2.92. The zero-order chi connectivity index (χ0) is 10.4. The molecule has 0 aliphatic rings. The molecule has 1 radical (unpaired) electrons. The first-order valence-corrected chi connectivity index (χ1v) is 5.05. The smallest absolute Gasteiger partial charge is 0.128 e. The van der Waals surface area contributed by atoms with Crippen molar-refractivity contribution < 1.29 is 9.84 Å². The summed E-state index contributed by atoms with van der Waals surface area (Å²) in [7, 11) is 0. The van der Waals surface area contributed by atoms with E-state index in [1.165, 1.54) is 0 Å². The fourth-order valence-corrected chi connectivity index (χ4v) is 1.49. The third-order valence-corrected chi connectivity index (χ3v) is 2.07. The molecule has 0 bridgehead atoms. The molecule has 14 heavy (non-hydrogen) atoms. The molecular weight excluding hydrogens is 176 g/mol. The summed E-state index contributed by atoms with van der Waals surface area (Å²) in [4.78, 5) is 0. The Morgan fingerprint density at radius 2 is 2.14 bits per heavy atom. The van der Waals surface area contributed by atoms with Gasteiger partial charge in [-0.05, 0) is 18.9 Å². The van der Waals surface area contributed by atoms with Gasteiger partial charge in [-0.25, -0.2) is 0 Å². The molecule has 0 aliphatic carbocycles. The number of aliphatic hydroxyl groups excluding tert-OH is 1. The number of benzene rings is 1. The van der Waals surface area contributed by atoms with Crippen LogP contribution in [0.2, 0.25) is 0 Å². The number of hydrogen-bond donors (Lipinski definition) is 1. The summed E-state index contributed by atoms with van der Waals surface area (Å²) in [6, 6.07) is 5.83. The SMILES string of the molecule is CCCc1cccc([CH]O)c1OCC. The molecule has 0 spiro atoms. The van der Waals surface area contributed by atoms with Gasteiger partial charge in [-0.1, -0.05) is 31.5 Å². The Morgan fingerprint density at radius 1 is 1.36 bits per heavy atom. The van der Waals surface area contributed by atoms with Gasteiger partial charge in [0.1, 0.15) is 12.4 Å². The summed E-state index contributed by atoms with van der Waals surface area (Å²) in [5, 5.41) is 9.03. The highest BCUT2D eigenvalue weighted by Crippen LogP contribution is 2.26. The maximum Gasteiger partial charge on any atom is 0.128 e. The fourth-order valence-electron chi connectivity index (χ4n) is 1.49. The van der Waals surface area contributed by atoms with Gasteiger partial charge in [0.15, 0.2) is 0 Å². The van der Waals surface area contributed by atoms with E-state index in [-0.39, 0.29) is 0 Å². The highest BCUT2D eigenvalue weighted by atomic mass is 16.5. The largest absolute Gasteiger partial charge is 0.493 e. The third kappa shape index (κ3) is 2.48. The van der Waals surface area contributed by atoms with Crippen molar-refractivity contribution in [2.24, 2.45) is 0 Å². The molecule has 0 heterocycles. The van der Waals surface area contributed by atoms with Crippen LogP contribution in [0.5, 0.6) is 5.75 Å². The zero-order valence-electron chi connectivity index (χ0n) is 8.79. The van der Waals surface area contributed by atoms with Crippen LogP contribution in [0.4, 0.5) is 0 Å². The van der Waals surface area contributed by atoms with Crippen molar-refractivity contribution >= 4 is 0 Å². The van der Waals surface area contributed by atoms with Gasteiger partial charge in [-0.2, -0.15) is 0 Å². The summed E-state index contributed by atoms with van der Waals surface area (Å²) in [6.45, 7) is 5.81. The summed E-state index contributed by atoms with van der Waals surface area (Å²) in [6.07, 6.45) is 2.06. The quantitative estimate of drug-likeness (QED) is 0.779. The van der Waals surface area contributed by atoms with E-state index in [1.807, 2.05) is 25.1 Å². The van der Waals surface area contributed by atoms with Crippen LogP contribution in [0.15, 0.2) is 18.2 Å². The van der Waals surface area contributed by atoms with Crippen molar-refractivity contribution in [2.75, 3.05) is 6.61 Å². The summed E-state index contributed by atoms with van der Waals surface area (Å²) >= 11 is 0. The van der Waals surface area contributed by atoms with Gasteiger partial charge in [-0.15, -0.1) is 0 Å². The van der Waals surface area contributed by atoms with Gasteiger partial charge in [0, 0.05) is 5.56 Å². The molecular formula is C12H17O2. The molecule has 1 rings (SSSR count). The van der Waals surface area contributed by atoms with E-state index < -0.39 is 0 Å². The topological polar surface area (TPSA) is 29.5 Å². The Kier molecular flexibility index (Phi) is 4.47. The van der Waals surface area contributed by atoms with Crippen LogP contribution in [0.3, 0.4) is 0 Å². The molecule has 0 fully saturated rings. The van der Waals surface area contributed by atoms with Gasteiger partial charge in [0.05, 0.1) is 6.61 Å². The number of hydrogen-bond acceptors (Lipinski definition) is 2. The summed E-state index contributed by atoms with van der Waals surface area (Å²) in [5.74, 6) is 0.819. The zero-order valence-corrected chi connectivity index (χ0v) is 8.79. The standard InChI is InChI=1S/C12H17O2/c1-3-6-10-7-5-8-11(9-13)12(10)14-4-2/h5,7-9,13H,3-4,6H2,1-2H3. The van der Waals surface area contributed by atoms with Crippen LogP contribution in [0.25, 0.3) is 0 Å². The van der Waals surface area contributed by atoms with Crippen molar-refractivity contribution in [1.29, 1.82) is 0 Å². The van der Waals surface area contributed by atoms with Gasteiger partial charge in [-0.3, -0.25) is 0 Å². The third-order valence-electron chi connectivity index (χ3n) is 2.07. The minimum Gasteiger partial charge on any atom is -0.493 e. The van der Waals surface area contributed by atoms with E-state index in [9.17, 15) is 0 Å². The van der Waals surface area contributed by atoms with Crippen LogP contribution in [-0.2, 0) is 6.42 Å².